The lowest BCUT2D eigenvalue weighted by Crippen LogP contribution is -2.49. The molecule has 0 radical (unpaired) electrons. The summed E-state index contributed by atoms with van der Waals surface area (Å²) in [5.74, 6) is -0.239. The quantitative estimate of drug-likeness (QED) is 0.654. The zero-order chi connectivity index (χ0) is 19.5. The zero-order valence-electron chi connectivity index (χ0n) is 16.0. The first kappa shape index (κ1) is 18.4. The smallest absolute Gasteiger partial charge is 0.349 e. The first-order valence-corrected chi connectivity index (χ1v) is 9.68. The third kappa shape index (κ3) is 3.85. The van der Waals surface area contributed by atoms with Crippen LogP contribution in [0.3, 0.4) is 0 Å². The maximum absolute atomic E-state index is 13.0. The predicted octanol–water partition coefficient (Wildman–Crippen LogP) is 3.53. The lowest BCUT2D eigenvalue weighted by Gasteiger charge is -2.37. The van der Waals surface area contributed by atoms with Crippen LogP contribution >= 0.6 is 0 Å². The molecule has 144 valence electrons. The van der Waals surface area contributed by atoms with Crippen LogP contribution in [-0.2, 0) is 6.54 Å². The molecule has 1 saturated heterocycles. The molecule has 1 fully saturated rings. The molecule has 1 aliphatic rings. The van der Waals surface area contributed by atoms with Crippen LogP contribution in [0.1, 0.15) is 28.8 Å². The minimum Gasteiger partial charge on any atom is -0.422 e. The van der Waals surface area contributed by atoms with Crippen LogP contribution in [0.2, 0.25) is 0 Å². The van der Waals surface area contributed by atoms with Gasteiger partial charge in [-0.25, -0.2) is 4.79 Å². The lowest BCUT2D eigenvalue weighted by atomic mass is 10.0. The molecule has 2 aromatic carbocycles. The Morgan fingerprint density at radius 1 is 1.14 bits per heavy atom. The van der Waals surface area contributed by atoms with Crippen LogP contribution in [-0.4, -0.2) is 41.9 Å². The first-order chi connectivity index (χ1) is 13.6. The summed E-state index contributed by atoms with van der Waals surface area (Å²) in [5, 5.41) is 0.764. The molecule has 0 N–H and O–H groups in total. The van der Waals surface area contributed by atoms with Gasteiger partial charge in [-0.3, -0.25) is 9.69 Å². The molecular formula is C23H24N2O3. The van der Waals surface area contributed by atoms with Gasteiger partial charge in [0.1, 0.15) is 11.1 Å². The first-order valence-electron chi connectivity index (χ1n) is 9.68. The Balaban J connectivity index is 1.50. The summed E-state index contributed by atoms with van der Waals surface area (Å²) in [6.07, 6.45) is 1.97. The number of para-hydroxylation sites is 1. The molecule has 0 saturated carbocycles. The highest BCUT2D eigenvalue weighted by atomic mass is 16.4. The van der Waals surface area contributed by atoms with Gasteiger partial charge in [-0.2, -0.15) is 0 Å². The van der Waals surface area contributed by atoms with E-state index in [4.69, 9.17) is 4.42 Å². The number of carbonyl (C=O) groups excluding carboxylic acids is 1. The molecule has 1 amide bonds. The fraction of sp³-hybridized carbons (Fsp3) is 0.304. The second kappa shape index (κ2) is 7.98. The number of amides is 1. The van der Waals surface area contributed by atoms with E-state index in [-0.39, 0.29) is 17.5 Å². The Hall–Kier alpha value is -2.92. The SMILES string of the molecule is CN(Cc1ccccc1)C1CCCN(C(=O)c2cc3ccccc3oc2=O)C1. The number of rotatable bonds is 4. The second-order valence-corrected chi connectivity index (χ2v) is 7.43. The van der Waals surface area contributed by atoms with Crippen molar-refractivity contribution in [3.8, 4) is 0 Å². The van der Waals surface area contributed by atoms with Crippen LogP contribution in [0.15, 0.2) is 69.9 Å². The summed E-state index contributed by atoms with van der Waals surface area (Å²) in [4.78, 5) is 29.5. The van der Waals surface area contributed by atoms with Gasteiger partial charge < -0.3 is 9.32 Å². The molecule has 1 aliphatic heterocycles. The Bertz CT molecular complexity index is 1030. The largest absolute Gasteiger partial charge is 0.422 e. The Morgan fingerprint density at radius 3 is 2.71 bits per heavy atom. The highest BCUT2D eigenvalue weighted by molar-refractivity contribution is 5.96. The van der Waals surface area contributed by atoms with Crippen LogP contribution < -0.4 is 5.63 Å². The minimum absolute atomic E-state index is 0.116. The van der Waals surface area contributed by atoms with E-state index in [1.165, 1.54) is 5.56 Å². The number of hydrogen-bond donors (Lipinski definition) is 0. The van der Waals surface area contributed by atoms with E-state index in [1.54, 1.807) is 17.0 Å². The van der Waals surface area contributed by atoms with Crippen molar-refractivity contribution in [2.45, 2.75) is 25.4 Å². The summed E-state index contributed by atoms with van der Waals surface area (Å²) >= 11 is 0. The van der Waals surface area contributed by atoms with Crippen molar-refractivity contribution in [3.63, 3.8) is 0 Å². The number of hydrogen-bond acceptors (Lipinski definition) is 4. The van der Waals surface area contributed by atoms with Gasteiger partial charge in [0.05, 0.1) is 0 Å². The van der Waals surface area contributed by atoms with Crippen molar-refractivity contribution in [1.29, 1.82) is 0 Å². The van der Waals surface area contributed by atoms with Gasteiger partial charge in [0.25, 0.3) is 5.91 Å². The van der Waals surface area contributed by atoms with Gasteiger partial charge in [-0.15, -0.1) is 0 Å². The molecule has 0 spiro atoms. The topological polar surface area (TPSA) is 53.8 Å². The maximum Gasteiger partial charge on any atom is 0.349 e. The van der Waals surface area contributed by atoms with E-state index in [1.807, 2.05) is 36.4 Å². The van der Waals surface area contributed by atoms with Gasteiger partial charge in [-0.1, -0.05) is 48.5 Å². The monoisotopic (exact) mass is 376 g/mol. The number of likely N-dealkylation sites (tertiary alicyclic amines) is 1. The molecule has 5 nitrogen and oxygen atoms in total. The standard InChI is InChI=1S/C23H24N2O3/c1-24(15-17-8-3-2-4-9-17)19-11-7-13-25(16-19)22(26)20-14-18-10-5-6-12-21(18)28-23(20)27/h2-6,8-10,12,14,19H,7,11,13,15-16H2,1H3. The number of nitrogens with zero attached hydrogens (tertiary/aromatic N) is 2. The number of fused-ring (bicyclic) bond motifs is 1. The number of piperidine rings is 1. The van der Waals surface area contributed by atoms with Crippen molar-refractivity contribution >= 4 is 16.9 Å². The van der Waals surface area contributed by atoms with Crippen LogP contribution in [0.25, 0.3) is 11.0 Å². The van der Waals surface area contributed by atoms with E-state index >= 15 is 0 Å². The third-order valence-electron chi connectivity index (χ3n) is 5.45. The van der Waals surface area contributed by atoms with Crippen molar-refractivity contribution in [1.82, 2.24) is 9.80 Å². The average molecular weight is 376 g/mol. The van der Waals surface area contributed by atoms with Gasteiger partial charge >= 0.3 is 5.63 Å². The van der Waals surface area contributed by atoms with Crippen LogP contribution in [0.5, 0.6) is 0 Å². The van der Waals surface area contributed by atoms with Crippen molar-refractivity contribution in [2.75, 3.05) is 20.1 Å². The fourth-order valence-corrected chi connectivity index (χ4v) is 3.88. The summed E-state index contributed by atoms with van der Waals surface area (Å²) < 4.78 is 5.34. The van der Waals surface area contributed by atoms with E-state index in [9.17, 15) is 9.59 Å². The Kier molecular flexibility index (Phi) is 5.26. The van der Waals surface area contributed by atoms with Crippen molar-refractivity contribution in [3.05, 3.63) is 82.2 Å². The normalized spacial score (nSPS) is 17.2. The van der Waals surface area contributed by atoms with Gasteiger partial charge in [0.15, 0.2) is 0 Å². The zero-order valence-corrected chi connectivity index (χ0v) is 16.0. The molecule has 1 atom stereocenters. The summed E-state index contributed by atoms with van der Waals surface area (Å²) in [6, 6.07) is 19.5. The lowest BCUT2D eigenvalue weighted by molar-refractivity contribution is 0.0598. The summed E-state index contributed by atoms with van der Waals surface area (Å²) in [5.41, 5.74) is 1.31. The molecular weight excluding hydrogens is 352 g/mol. The van der Waals surface area contributed by atoms with E-state index in [0.29, 0.717) is 18.7 Å². The average Bonchev–Trinajstić information content (AvgIpc) is 2.73. The maximum atomic E-state index is 13.0. The Morgan fingerprint density at radius 2 is 1.89 bits per heavy atom. The highest BCUT2D eigenvalue weighted by Gasteiger charge is 2.28. The summed E-state index contributed by atoms with van der Waals surface area (Å²) in [7, 11) is 2.09. The van der Waals surface area contributed by atoms with E-state index in [2.05, 4.69) is 24.1 Å². The molecule has 1 unspecified atom stereocenters. The highest BCUT2D eigenvalue weighted by Crippen LogP contribution is 2.20. The van der Waals surface area contributed by atoms with Crippen molar-refractivity contribution in [2.24, 2.45) is 0 Å². The predicted molar refractivity (Wildman–Crippen MR) is 109 cm³/mol. The third-order valence-corrected chi connectivity index (χ3v) is 5.45. The molecule has 2 heterocycles. The van der Waals surface area contributed by atoms with E-state index < -0.39 is 5.63 Å². The minimum atomic E-state index is -0.566. The number of likely N-dealkylation sites (N-methyl/N-ethyl adjacent to an activating group) is 1. The Labute approximate surface area is 164 Å². The van der Waals surface area contributed by atoms with Gasteiger partial charge in [0.2, 0.25) is 0 Å². The molecule has 5 heteroatoms. The molecule has 0 bridgehead atoms. The molecule has 1 aromatic heterocycles. The molecule has 3 aromatic rings. The molecule has 0 aliphatic carbocycles. The number of carbonyl (C=O) groups is 1. The van der Waals surface area contributed by atoms with Crippen LogP contribution in [0, 0.1) is 0 Å². The van der Waals surface area contributed by atoms with Crippen molar-refractivity contribution < 1.29 is 9.21 Å². The molecule has 4 rings (SSSR count). The fourth-order valence-electron chi connectivity index (χ4n) is 3.88. The van der Waals surface area contributed by atoms with E-state index in [0.717, 1.165) is 24.8 Å². The van der Waals surface area contributed by atoms with Gasteiger partial charge in [0, 0.05) is 31.1 Å². The number of benzene rings is 2. The van der Waals surface area contributed by atoms with Gasteiger partial charge in [-0.05, 0) is 37.6 Å². The molecule has 28 heavy (non-hydrogen) atoms. The van der Waals surface area contributed by atoms with Crippen LogP contribution in [0.4, 0.5) is 0 Å². The summed E-state index contributed by atoms with van der Waals surface area (Å²) in [6.45, 7) is 2.13. The second-order valence-electron chi connectivity index (χ2n) is 7.43.